The molecule has 0 aliphatic rings. The number of benzene rings is 2. The predicted molar refractivity (Wildman–Crippen MR) is 93.6 cm³/mol. The van der Waals surface area contributed by atoms with Gasteiger partial charge in [-0.15, -0.1) is 0 Å². The fraction of sp³-hybridized carbons (Fsp3) is 0.158. The van der Waals surface area contributed by atoms with E-state index in [1.54, 1.807) is 24.3 Å². The number of carbonyl (C=O) groups excluding carboxylic acids is 1. The van der Waals surface area contributed by atoms with Gasteiger partial charge < -0.3 is 14.6 Å². The van der Waals surface area contributed by atoms with Crippen LogP contribution in [0.15, 0.2) is 48.5 Å². The number of phenolic OH excluding ortho intramolecular Hbond substituents is 1. The van der Waals surface area contributed by atoms with Gasteiger partial charge in [0.1, 0.15) is 17.1 Å². The van der Waals surface area contributed by atoms with Crippen LogP contribution in [0.4, 0.5) is 13.2 Å². The van der Waals surface area contributed by atoms with Crippen LogP contribution in [0.2, 0.25) is 0 Å². The maximum Gasteiger partial charge on any atom is 0.435 e. The number of carbonyl (C=O) groups is 1. The molecule has 3 rings (SSSR count). The summed E-state index contributed by atoms with van der Waals surface area (Å²) in [5, 5.41) is 13.5. The number of hydrogen-bond acceptors (Lipinski definition) is 5. The monoisotopic (exact) mass is 392 g/mol. The van der Waals surface area contributed by atoms with E-state index in [0.29, 0.717) is 11.3 Å². The van der Waals surface area contributed by atoms with Crippen LogP contribution in [-0.2, 0) is 10.9 Å². The van der Waals surface area contributed by atoms with E-state index >= 15 is 0 Å². The Labute approximate surface area is 157 Å². The molecule has 1 aromatic heterocycles. The second kappa shape index (κ2) is 7.26. The lowest BCUT2D eigenvalue weighted by molar-refractivity contribution is -0.141. The van der Waals surface area contributed by atoms with Crippen molar-refractivity contribution in [2.45, 2.75) is 6.18 Å². The molecule has 0 unspecified atom stereocenters. The van der Waals surface area contributed by atoms with Crippen molar-refractivity contribution in [3.63, 3.8) is 0 Å². The number of aromatic hydroxyl groups is 1. The van der Waals surface area contributed by atoms with Crippen LogP contribution in [-0.4, -0.2) is 35.1 Å². The fourth-order valence-electron chi connectivity index (χ4n) is 2.61. The van der Waals surface area contributed by atoms with Crippen LogP contribution in [0.1, 0.15) is 16.1 Å². The average molecular weight is 392 g/mol. The van der Waals surface area contributed by atoms with Crippen molar-refractivity contribution < 1.29 is 32.5 Å². The highest BCUT2D eigenvalue weighted by Gasteiger charge is 2.35. The zero-order valence-electron chi connectivity index (χ0n) is 14.8. The molecule has 0 saturated heterocycles. The molecule has 3 aromatic rings. The average Bonchev–Trinajstić information content (AvgIpc) is 3.13. The molecule has 0 fully saturated rings. The van der Waals surface area contributed by atoms with Gasteiger partial charge in [-0.2, -0.15) is 18.3 Å². The van der Waals surface area contributed by atoms with Gasteiger partial charge in [0.15, 0.2) is 5.69 Å². The third-order valence-electron chi connectivity index (χ3n) is 4.02. The molecule has 146 valence electrons. The molecule has 0 spiro atoms. The molecule has 1 heterocycles. The summed E-state index contributed by atoms with van der Waals surface area (Å²) in [6.45, 7) is 0. The van der Waals surface area contributed by atoms with E-state index in [0.717, 1.165) is 17.9 Å². The standard InChI is InChI=1S/C19H15F3N2O4/c1-27-13-6-3-11(4-7-13)15-10-17(19(20,21)22)23-24(15)12-5-8-16(25)14(9-12)18(26)28-2/h3-10,25H,1-2H3. The van der Waals surface area contributed by atoms with Crippen LogP contribution in [0.3, 0.4) is 0 Å². The second-order valence-electron chi connectivity index (χ2n) is 5.75. The summed E-state index contributed by atoms with van der Waals surface area (Å²) >= 11 is 0. The van der Waals surface area contributed by atoms with Crippen LogP contribution in [0, 0.1) is 0 Å². The van der Waals surface area contributed by atoms with E-state index in [4.69, 9.17) is 4.74 Å². The molecular weight excluding hydrogens is 377 g/mol. The minimum absolute atomic E-state index is 0.150. The minimum atomic E-state index is -4.66. The summed E-state index contributed by atoms with van der Waals surface area (Å²) in [6, 6.07) is 11.1. The summed E-state index contributed by atoms with van der Waals surface area (Å²) < 4.78 is 50.4. The molecule has 1 N–H and O–H groups in total. The molecule has 6 nitrogen and oxygen atoms in total. The van der Waals surface area contributed by atoms with Gasteiger partial charge in [0.05, 0.1) is 25.6 Å². The van der Waals surface area contributed by atoms with Gasteiger partial charge in [-0.1, -0.05) is 0 Å². The number of aromatic nitrogens is 2. The number of halogens is 3. The highest BCUT2D eigenvalue weighted by atomic mass is 19.4. The van der Waals surface area contributed by atoms with Crippen molar-refractivity contribution in [3.05, 3.63) is 59.8 Å². The van der Waals surface area contributed by atoms with Gasteiger partial charge in [-0.25, -0.2) is 9.48 Å². The number of phenols is 1. The molecule has 0 bridgehead atoms. The Morgan fingerprint density at radius 2 is 1.75 bits per heavy atom. The van der Waals surface area contributed by atoms with Crippen LogP contribution in [0.25, 0.3) is 16.9 Å². The molecule has 9 heteroatoms. The zero-order chi connectivity index (χ0) is 20.5. The molecular formula is C19H15F3N2O4. The molecule has 0 atom stereocenters. The first-order valence-corrected chi connectivity index (χ1v) is 7.98. The number of alkyl halides is 3. The first-order chi connectivity index (χ1) is 13.2. The van der Waals surface area contributed by atoms with E-state index in [1.807, 2.05) is 0 Å². The van der Waals surface area contributed by atoms with Gasteiger partial charge in [0, 0.05) is 5.56 Å². The first-order valence-electron chi connectivity index (χ1n) is 7.98. The van der Waals surface area contributed by atoms with Crippen molar-refractivity contribution in [1.29, 1.82) is 0 Å². The lowest BCUT2D eigenvalue weighted by Gasteiger charge is -2.10. The number of methoxy groups -OCH3 is 2. The van der Waals surface area contributed by atoms with Gasteiger partial charge in [-0.05, 0) is 48.5 Å². The Bertz CT molecular complexity index is 1010. The smallest absolute Gasteiger partial charge is 0.435 e. The van der Waals surface area contributed by atoms with Crippen molar-refractivity contribution in [2.75, 3.05) is 14.2 Å². The molecule has 2 aromatic carbocycles. The Morgan fingerprint density at radius 1 is 1.07 bits per heavy atom. The first kappa shape index (κ1) is 19.3. The lowest BCUT2D eigenvalue weighted by Crippen LogP contribution is -2.08. The molecule has 0 amide bonds. The molecule has 28 heavy (non-hydrogen) atoms. The Hall–Kier alpha value is -3.49. The van der Waals surface area contributed by atoms with E-state index in [1.165, 1.54) is 25.3 Å². The molecule has 0 aliphatic heterocycles. The van der Waals surface area contributed by atoms with Crippen LogP contribution >= 0.6 is 0 Å². The topological polar surface area (TPSA) is 73.6 Å². The highest BCUT2D eigenvalue weighted by Crippen LogP contribution is 2.34. The minimum Gasteiger partial charge on any atom is -0.507 e. The lowest BCUT2D eigenvalue weighted by atomic mass is 10.1. The maximum absolute atomic E-state index is 13.2. The third kappa shape index (κ3) is 3.64. The second-order valence-corrected chi connectivity index (χ2v) is 5.75. The number of hydrogen-bond donors (Lipinski definition) is 1. The molecule has 0 aliphatic carbocycles. The number of esters is 1. The van der Waals surface area contributed by atoms with Crippen molar-refractivity contribution in [1.82, 2.24) is 9.78 Å². The predicted octanol–water partition coefficient (Wildman–Crippen LogP) is 4.06. The molecule has 0 radical (unpaired) electrons. The Kier molecular flexibility index (Phi) is 5.00. The van der Waals surface area contributed by atoms with Crippen molar-refractivity contribution in [3.8, 4) is 28.4 Å². The highest BCUT2D eigenvalue weighted by molar-refractivity contribution is 5.93. The SMILES string of the molecule is COC(=O)c1cc(-n2nc(C(F)(F)F)cc2-c2ccc(OC)cc2)ccc1O. The molecule has 0 saturated carbocycles. The summed E-state index contributed by atoms with van der Waals surface area (Å²) in [5.41, 5.74) is -0.525. The van der Waals surface area contributed by atoms with Gasteiger partial charge in [0.2, 0.25) is 0 Å². The summed E-state index contributed by atoms with van der Waals surface area (Å²) in [5.74, 6) is -0.637. The normalized spacial score (nSPS) is 11.3. The summed E-state index contributed by atoms with van der Waals surface area (Å²) in [4.78, 5) is 11.8. The van der Waals surface area contributed by atoms with Crippen LogP contribution < -0.4 is 4.74 Å². The summed E-state index contributed by atoms with van der Waals surface area (Å²) in [6.07, 6.45) is -4.66. The van der Waals surface area contributed by atoms with E-state index in [9.17, 15) is 23.1 Å². The number of nitrogens with zero attached hydrogens (tertiary/aromatic N) is 2. The van der Waals surface area contributed by atoms with Crippen LogP contribution in [0.5, 0.6) is 11.5 Å². The summed E-state index contributed by atoms with van der Waals surface area (Å²) in [7, 11) is 2.61. The number of rotatable bonds is 4. The van der Waals surface area contributed by atoms with Gasteiger partial charge in [0.25, 0.3) is 0 Å². The van der Waals surface area contributed by atoms with E-state index in [-0.39, 0.29) is 22.7 Å². The Balaban J connectivity index is 2.19. The maximum atomic E-state index is 13.2. The van der Waals surface area contributed by atoms with Gasteiger partial charge in [-0.3, -0.25) is 0 Å². The zero-order valence-corrected chi connectivity index (χ0v) is 14.8. The van der Waals surface area contributed by atoms with Crippen molar-refractivity contribution >= 4 is 5.97 Å². The van der Waals surface area contributed by atoms with E-state index in [2.05, 4.69) is 9.84 Å². The third-order valence-corrected chi connectivity index (χ3v) is 4.02. The number of ether oxygens (including phenoxy) is 2. The van der Waals surface area contributed by atoms with Gasteiger partial charge >= 0.3 is 12.1 Å². The largest absolute Gasteiger partial charge is 0.507 e. The Morgan fingerprint density at radius 3 is 2.32 bits per heavy atom. The van der Waals surface area contributed by atoms with E-state index < -0.39 is 17.8 Å². The van der Waals surface area contributed by atoms with Crippen molar-refractivity contribution in [2.24, 2.45) is 0 Å². The quantitative estimate of drug-likeness (QED) is 0.678. The fourth-order valence-corrected chi connectivity index (χ4v) is 2.61.